The Balaban J connectivity index is 1.25. The summed E-state index contributed by atoms with van der Waals surface area (Å²) >= 11 is 0. The molecule has 0 amide bonds. The Bertz CT molecular complexity index is 3240. The molecule has 10 aromatic carbocycles. The second-order valence-electron chi connectivity index (χ2n) is 14.8. The first-order chi connectivity index (χ1) is 27.8. The van der Waals surface area contributed by atoms with Crippen LogP contribution in [0, 0.1) is 0 Å². The molecular weight excluding hydrogens is 677 g/mol. The molecule has 0 N–H and O–H groups in total. The largest absolute Gasteiger partial charge is 0.309 e. The van der Waals surface area contributed by atoms with E-state index in [1.807, 2.05) is 0 Å². The van der Waals surface area contributed by atoms with E-state index in [-0.39, 0.29) is 0 Å². The third kappa shape index (κ3) is 4.38. The SMILES string of the molecule is c1ccc(-c2ccc(-n3c4ccccc4c4c5c6ccccc6c6c(c7ccccc7n6-c6ccc(-c7ccccc7)cc6)c5c5ccccc5c43)cc2)cc1. The summed E-state index contributed by atoms with van der Waals surface area (Å²) in [6, 6.07) is 75.5. The molecule has 0 radical (unpaired) electrons. The van der Waals surface area contributed by atoms with Crippen LogP contribution in [-0.4, -0.2) is 9.13 Å². The first-order valence-corrected chi connectivity index (χ1v) is 19.4. The highest BCUT2D eigenvalue weighted by atomic mass is 15.0. The minimum Gasteiger partial charge on any atom is -0.309 e. The van der Waals surface area contributed by atoms with E-state index in [1.165, 1.54) is 98.2 Å². The molecule has 0 unspecified atom stereocenters. The molecular formula is C54H34N2. The number of fused-ring (bicyclic) bond motifs is 15. The summed E-state index contributed by atoms with van der Waals surface area (Å²) in [6.07, 6.45) is 0. The van der Waals surface area contributed by atoms with Gasteiger partial charge in [-0.05, 0) is 69.4 Å². The molecule has 0 bridgehead atoms. The van der Waals surface area contributed by atoms with Crippen LogP contribution in [0.1, 0.15) is 0 Å². The summed E-state index contributed by atoms with van der Waals surface area (Å²) in [4.78, 5) is 0. The maximum absolute atomic E-state index is 2.50. The average Bonchev–Trinajstić information content (AvgIpc) is 3.81. The van der Waals surface area contributed by atoms with Gasteiger partial charge in [0.05, 0.1) is 22.1 Å². The maximum Gasteiger partial charge on any atom is 0.0626 e. The van der Waals surface area contributed by atoms with Crippen molar-refractivity contribution in [2.45, 2.75) is 0 Å². The topological polar surface area (TPSA) is 9.86 Å². The summed E-state index contributed by atoms with van der Waals surface area (Å²) in [5.41, 5.74) is 12.1. The summed E-state index contributed by atoms with van der Waals surface area (Å²) in [5, 5.41) is 12.7. The quantitative estimate of drug-likeness (QED) is 0.161. The van der Waals surface area contributed by atoms with Crippen molar-refractivity contribution in [1.29, 1.82) is 0 Å². The highest BCUT2D eigenvalue weighted by molar-refractivity contribution is 6.45. The van der Waals surface area contributed by atoms with E-state index in [9.17, 15) is 0 Å². The summed E-state index contributed by atoms with van der Waals surface area (Å²) in [5.74, 6) is 0. The van der Waals surface area contributed by atoms with Gasteiger partial charge in [-0.15, -0.1) is 0 Å². The summed E-state index contributed by atoms with van der Waals surface area (Å²) < 4.78 is 5.00. The van der Waals surface area contributed by atoms with E-state index in [4.69, 9.17) is 0 Å². The van der Waals surface area contributed by atoms with Crippen LogP contribution in [0.3, 0.4) is 0 Å². The molecule has 12 aromatic rings. The van der Waals surface area contributed by atoms with Crippen molar-refractivity contribution in [2.24, 2.45) is 0 Å². The number of hydrogen-bond acceptors (Lipinski definition) is 0. The Morgan fingerprint density at radius 2 is 0.518 bits per heavy atom. The number of aromatic nitrogens is 2. The lowest BCUT2D eigenvalue weighted by molar-refractivity contribution is 1.19. The molecule has 2 heterocycles. The molecule has 0 spiro atoms. The van der Waals surface area contributed by atoms with Gasteiger partial charge in [0.25, 0.3) is 0 Å². The zero-order valence-electron chi connectivity index (χ0n) is 30.5. The predicted molar refractivity (Wildman–Crippen MR) is 239 cm³/mol. The monoisotopic (exact) mass is 710 g/mol. The molecule has 0 aliphatic rings. The van der Waals surface area contributed by atoms with Crippen LogP contribution in [0.5, 0.6) is 0 Å². The van der Waals surface area contributed by atoms with Gasteiger partial charge in [0.2, 0.25) is 0 Å². The Morgan fingerprint density at radius 1 is 0.214 bits per heavy atom. The van der Waals surface area contributed by atoms with Crippen LogP contribution in [0.15, 0.2) is 206 Å². The average molecular weight is 711 g/mol. The second-order valence-corrected chi connectivity index (χ2v) is 14.8. The molecule has 12 rings (SSSR count). The Morgan fingerprint density at radius 3 is 0.911 bits per heavy atom. The van der Waals surface area contributed by atoms with Crippen LogP contribution in [0.4, 0.5) is 0 Å². The first kappa shape index (κ1) is 31.0. The highest BCUT2D eigenvalue weighted by Crippen LogP contribution is 2.50. The molecule has 2 heteroatoms. The van der Waals surface area contributed by atoms with Crippen LogP contribution < -0.4 is 0 Å². The number of hydrogen-bond donors (Lipinski definition) is 0. The van der Waals surface area contributed by atoms with Crippen molar-refractivity contribution in [1.82, 2.24) is 9.13 Å². The first-order valence-electron chi connectivity index (χ1n) is 19.4. The number of nitrogens with zero attached hydrogens (tertiary/aromatic N) is 2. The lowest BCUT2D eigenvalue weighted by Gasteiger charge is -2.17. The normalized spacial score (nSPS) is 11.9. The number of rotatable bonds is 4. The molecule has 0 aliphatic carbocycles. The van der Waals surface area contributed by atoms with E-state index in [1.54, 1.807) is 0 Å². The van der Waals surface area contributed by atoms with Crippen LogP contribution in [0.2, 0.25) is 0 Å². The third-order valence-electron chi connectivity index (χ3n) is 11.9. The molecule has 0 saturated carbocycles. The van der Waals surface area contributed by atoms with Crippen molar-refractivity contribution in [3.63, 3.8) is 0 Å². The molecule has 0 atom stereocenters. The van der Waals surface area contributed by atoms with Crippen LogP contribution >= 0.6 is 0 Å². The smallest absolute Gasteiger partial charge is 0.0626 e. The van der Waals surface area contributed by atoms with Gasteiger partial charge in [0.15, 0.2) is 0 Å². The van der Waals surface area contributed by atoms with E-state index in [2.05, 4.69) is 215 Å². The number of benzene rings is 10. The standard InChI is InChI=1S/C54H34N2/c1-3-15-35(16-4-1)37-27-31-39(32-28-37)55-47-25-13-11-23-45(47)51-49-42-20-8-10-22-44(42)54-52(50(49)41-19-7-9-21-43(41)53(51)55)46-24-12-14-26-48(46)56(54)40-33-29-38(30-34-40)36-17-5-2-6-18-36/h1-34H. The Hall–Kier alpha value is -7.42. The van der Waals surface area contributed by atoms with Crippen LogP contribution in [0.25, 0.3) is 110 Å². The summed E-state index contributed by atoms with van der Waals surface area (Å²) in [7, 11) is 0. The van der Waals surface area contributed by atoms with E-state index < -0.39 is 0 Å². The van der Waals surface area contributed by atoms with Gasteiger partial charge in [-0.1, -0.05) is 170 Å². The van der Waals surface area contributed by atoms with Gasteiger partial charge in [0, 0.05) is 54.5 Å². The minimum atomic E-state index is 1.15. The highest BCUT2D eigenvalue weighted by Gasteiger charge is 2.25. The van der Waals surface area contributed by atoms with Crippen molar-refractivity contribution < 1.29 is 0 Å². The van der Waals surface area contributed by atoms with Crippen molar-refractivity contribution in [2.75, 3.05) is 0 Å². The third-order valence-corrected chi connectivity index (χ3v) is 11.9. The van der Waals surface area contributed by atoms with Crippen molar-refractivity contribution >= 4 is 75.9 Å². The van der Waals surface area contributed by atoms with Gasteiger partial charge in [0.1, 0.15) is 0 Å². The molecule has 0 fully saturated rings. The molecule has 0 aliphatic heterocycles. The molecule has 56 heavy (non-hydrogen) atoms. The van der Waals surface area contributed by atoms with Gasteiger partial charge < -0.3 is 9.13 Å². The Labute approximate surface area is 323 Å². The van der Waals surface area contributed by atoms with E-state index >= 15 is 0 Å². The fourth-order valence-electron chi connectivity index (χ4n) is 9.50. The van der Waals surface area contributed by atoms with Crippen molar-refractivity contribution in [3.8, 4) is 33.6 Å². The zero-order valence-corrected chi connectivity index (χ0v) is 30.5. The fourth-order valence-corrected chi connectivity index (χ4v) is 9.50. The van der Waals surface area contributed by atoms with Gasteiger partial charge in [-0.3, -0.25) is 0 Å². The van der Waals surface area contributed by atoms with E-state index in [0.717, 1.165) is 11.4 Å². The second kappa shape index (κ2) is 12.0. The lowest BCUT2D eigenvalue weighted by atomic mass is 9.89. The molecule has 0 saturated heterocycles. The minimum absolute atomic E-state index is 1.15. The Kier molecular flexibility index (Phi) is 6.66. The predicted octanol–water partition coefficient (Wildman–Crippen LogP) is 14.7. The molecule has 2 nitrogen and oxygen atoms in total. The van der Waals surface area contributed by atoms with Gasteiger partial charge >= 0.3 is 0 Å². The zero-order chi connectivity index (χ0) is 36.7. The van der Waals surface area contributed by atoms with Gasteiger partial charge in [-0.25, -0.2) is 0 Å². The molecule has 2 aromatic heterocycles. The maximum atomic E-state index is 2.50. The molecule has 260 valence electrons. The fraction of sp³-hybridized carbons (Fsp3) is 0. The van der Waals surface area contributed by atoms with E-state index in [0.29, 0.717) is 0 Å². The summed E-state index contributed by atoms with van der Waals surface area (Å²) in [6.45, 7) is 0. The van der Waals surface area contributed by atoms with Gasteiger partial charge in [-0.2, -0.15) is 0 Å². The van der Waals surface area contributed by atoms with Crippen LogP contribution in [-0.2, 0) is 0 Å². The van der Waals surface area contributed by atoms with Crippen molar-refractivity contribution in [3.05, 3.63) is 206 Å². The number of para-hydroxylation sites is 2. The lowest BCUT2D eigenvalue weighted by Crippen LogP contribution is -1.96.